The first-order valence-corrected chi connectivity index (χ1v) is 8.90. The van der Waals surface area contributed by atoms with Gasteiger partial charge >= 0.3 is 0 Å². The molecule has 2 aromatic rings. The van der Waals surface area contributed by atoms with Crippen molar-refractivity contribution in [2.24, 2.45) is 0 Å². The van der Waals surface area contributed by atoms with E-state index in [4.69, 9.17) is 9.97 Å². The summed E-state index contributed by atoms with van der Waals surface area (Å²) < 4.78 is 0. The molecule has 0 atom stereocenters. The van der Waals surface area contributed by atoms with Crippen molar-refractivity contribution in [1.82, 2.24) is 20.3 Å². The number of hydrogen-bond donors (Lipinski definition) is 1. The maximum absolute atomic E-state index is 5.02. The topological polar surface area (TPSA) is 57.2 Å². The lowest BCUT2D eigenvalue weighted by Crippen LogP contribution is -2.31. The van der Waals surface area contributed by atoms with Crippen molar-refractivity contribution in [3.05, 3.63) is 30.7 Å². The summed E-state index contributed by atoms with van der Waals surface area (Å²) in [6.07, 6.45) is 9.15. The molecule has 0 spiro atoms. The van der Waals surface area contributed by atoms with Crippen LogP contribution in [0.1, 0.15) is 19.3 Å². The largest absolute Gasteiger partial charge is 0.354 e. The number of pyridine rings is 1. The van der Waals surface area contributed by atoms with Gasteiger partial charge in [0.1, 0.15) is 0 Å². The van der Waals surface area contributed by atoms with Crippen molar-refractivity contribution < 1.29 is 0 Å². The highest BCUT2D eigenvalue weighted by molar-refractivity contribution is 5.85. The third kappa shape index (κ3) is 4.02. The van der Waals surface area contributed by atoms with Gasteiger partial charge in [0.2, 0.25) is 0 Å². The summed E-state index contributed by atoms with van der Waals surface area (Å²) in [5.41, 5.74) is 1.99. The Hall–Kier alpha value is -1.92. The van der Waals surface area contributed by atoms with Gasteiger partial charge in [-0.25, -0.2) is 9.97 Å². The van der Waals surface area contributed by atoms with Gasteiger partial charge in [-0.05, 0) is 37.9 Å². The molecule has 7 heteroatoms. The highest BCUT2D eigenvalue weighted by atomic mass is 35.5. The molecule has 0 unspecified atom stereocenters. The van der Waals surface area contributed by atoms with Crippen LogP contribution in [0.25, 0.3) is 11.3 Å². The van der Waals surface area contributed by atoms with Gasteiger partial charge in [0.25, 0.3) is 0 Å². The second-order valence-electron chi connectivity index (χ2n) is 6.42. The summed E-state index contributed by atoms with van der Waals surface area (Å²) in [7, 11) is 0. The minimum Gasteiger partial charge on any atom is -0.354 e. The lowest BCUT2D eigenvalue weighted by molar-refractivity contribution is 0.724. The third-order valence-corrected chi connectivity index (χ3v) is 4.76. The molecule has 6 nitrogen and oxygen atoms in total. The Kier molecular flexibility index (Phi) is 6.04. The molecular formula is C18H25ClN6. The third-order valence-electron chi connectivity index (χ3n) is 4.76. The minimum atomic E-state index is 0. The maximum Gasteiger partial charge on any atom is 0.172 e. The van der Waals surface area contributed by atoms with Gasteiger partial charge in [0, 0.05) is 50.7 Å². The van der Waals surface area contributed by atoms with Crippen LogP contribution < -0.4 is 15.1 Å². The monoisotopic (exact) mass is 360 g/mol. The number of nitrogens with zero attached hydrogens (tertiary/aromatic N) is 5. The lowest BCUT2D eigenvalue weighted by atomic mass is 10.2. The first-order valence-electron chi connectivity index (χ1n) is 8.90. The number of anilines is 2. The van der Waals surface area contributed by atoms with Crippen LogP contribution in [-0.4, -0.2) is 54.2 Å². The fraction of sp³-hybridized carbons (Fsp3) is 0.500. The van der Waals surface area contributed by atoms with Crippen LogP contribution >= 0.6 is 12.4 Å². The van der Waals surface area contributed by atoms with E-state index < -0.39 is 0 Å². The van der Waals surface area contributed by atoms with Crippen LogP contribution in [0.5, 0.6) is 0 Å². The normalized spacial score (nSPS) is 17.9. The predicted molar refractivity (Wildman–Crippen MR) is 104 cm³/mol. The van der Waals surface area contributed by atoms with Crippen LogP contribution in [0.15, 0.2) is 30.7 Å². The zero-order chi connectivity index (χ0) is 16.2. The molecule has 2 saturated heterocycles. The van der Waals surface area contributed by atoms with E-state index in [9.17, 15) is 0 Å². The standard InChI is InChI=1S/C18H24N6.ClH/c1-2-11-23(10-1)17-18(24-12-3-6-19-9-13-24)22-16(14-21-17)15-4-7-20-8-5-15;/h4-5,7-8,14,19H,1-3,6,9-13H2;1H. The number of nitrogens with one attached hydrogen (secondary N) is 1. The van der Waals surface area contributed by atoms with Crippen LogP contribution in [0.2, 0.25) is 0 Å². The zero-order valence-corrected chi connectivity index (χ0v) is 15.2. The molecule has 0 aromatic carbocycles. The molecule has 2 aromatic heterocycles. The van der Waals surface area contributed by atoms with Gasteiger partial charge in [0.05, 0.1) is 11.9 Å². The van der Waals surface area contributed by atoms with Crippen LogP contribution in [-0.2, 0) is 0 Å². The zero-order valence-electron chi connectivity index (χ0n) is 14.4. The molecule has 2 fully saturated rings. The van der Waals surface area contributed by atoms with Crippen molar-refractivity contribution in [2.45, 2.75) is 19.3 Å². The molecule has 2 aliphatic heterocycles. The fourth-order valence-electron chi connectivity index (χ4n) is 3.46. The van der Waals surface area contributed by atoms with Gasteiger partial charge in [-0.15, -0.1) is 12.4 Å². The van der Waals surface area contributed by atoms with Crippen LogP contribution in [0.3, 0.4) is 0 Å². The number of halogens is 1. The van der Waals surface area contributed by atoms with E-state index in [2.05, 4.69) is 20.1 Å². The first-order chi connectivity index (χ1) is 11.9. The molecule has 25 heavy (non-hydrogen) atoms. The molecule has 4 rings (SSSR count). The molecule has 2 aliphatic rings. The summed E-state index contributed by atoms with van der Waals surface area (Å²) in [6.45, 7) is 6.26. The lowest BCUT2D eigenvalue weighted by Gasteiger charge is -2.27. The summed E-state index contributed by atoms with van der Waals surface area (Å²) >= 11 is 0. The predicted octanol–water partition coefficient (Wildman–Crippen LogP) is 2.36. The average Bonchev–Trinajstić information content (AvgIpc) is 3.04. The molecule has 4 heterocycles. The molecule has 0 bridgehead atoms. The molecule has 0 saturated carbocycles. The van der Waals surface area contributed by atoms with Gasteiger partial charge < -0.3 is 15.1 Å². The molecule has 0 radical (unpaired) electrons. The van der Waals surface area contributed by atoms with Crippen molar-refractivity contribution in [3.8, 4) is 11.3 Å². The molecular weight excluding hydrogens is 336 g/mol. The van der Waals surface area contributed by atoms with E-state index in [0.29, 0.717) is 0 Å². The molecule has 0 amide bonds. The van der Waals surface area contributed by atoms with E-state index in [-0.39, 0.29) is 12.4 Å². The summed E-state index contributed by atoms with van der Waals surface area (Å²) in [5, 5.41) is 3.47. The van der Waals surface area contributed by atoms with E-state index in [1.54, 1.807) is 12.4 Å². The second kappa shape index (κ2) is 8.45. The van der Waals surface area contributed by atoms with E-state index in [1.165, 1.54) is 12.8 Å². The van der Waals surface area contributed by atoms with E-state index in [0.717, 1.165) is 68.6 Å². The van der Waals surface area contributed by atoms with Crippen molar-refractivity contribution in [2.75, 3.05) is 49.1 Å². The molecule has 134 valence electrons. The van der Waals surface area contributed by atoms with Gasteiger partial charge in [-0.2, -0.15) is 0 Å². The van der Waals surface area contributed by atoms with Gasteiger partial charge in [-0.1, -0.05) is 0 Å². The SMILES string of the molecule is Cl.c1cc(-c2cnc(N3CCCC3)c(N3CCCNCC3)n2)ccn1. The first kappa shape index (κ1) is 17.9. The maximum atomic E-state index is 5.02. The summed E-state index contributed by atoms with van der Waals surface area (Å²) in [5.74, 6) is 2.09. The summed E-state index contributed by atoms with van der Waals surface area (Å²) in [6, 6.07) is 3.99. The Balaban J connectivity index is 0.00000182. The second-order valence-corrected chi connectivity index (χ2v) is 6.42. The van der Waals surface area contributed by atoms with Crippen molar-refractivity contribution >= 4 is 24.0 Å². The Morgan fingerprint density at radius 3 is 2.36 bits per heavy atom. The smallest absolute Gasteiger partial charge is 0.172 e. The van der Waals surface area contributed by atoms with Gasteiger partial charge in [-0.3, -0.25) is 4.98 Å². The minimum absolute atomic E-state index is 0. The number of hydrogen-bond acceptors (Lipinski definition) is 6. The Bertz CT molecular complexity index is 667. The Morgan fingerprint density at radius 2 is 1.56 bits per heavy atom. The van der Waals surface area contributed by atoms with Gasteiger partial charge in [0.15, 0.2) is 11.6 Å². The Labute approximate surface area is 155 Å². The number of rotatable bonds is 3. The number of aromatic nitrogens is 3. The molecule has 0 aliphatic carbocycles. The quantitative estimate of drug-likeness (QED) is 0.906. The highest BCUT2D eigenvalue weighted by Gasteiger charge is 2.23. The molecule has 1 N–H and O–H groups in total. The Morgan fingerprint density at radius 1 is 0.840 bits per heavy atom. The average molecular weight is 361 g/mol. The highest BCUT2D eigenvalue weighted by Crippen LogP contribution is 2.30. The van der Waals surface area contributed by atoms with Crippen molar-refractivity contribution in [1.29, 1.82) is 0 Å². The van der Waals surface area contributed by atoms with E-state index in [1.807, 2.05) is 18.3 Å². The fourth-order valence-corrected chi connectivity index (χ4v) is 3.46. The van der Waals surface area contributed by atoms with Crippen LogP contribution in [0.4, 0.5) is 11.6 Å². The van der Waals surface area contributed by atoms with Crippen LogP contribution in [0, 0.1) is 0 Å². The summed E-state index contributed by atoms with van der Waals surface area (Å²) in [4.78, 5) is 18.7. The van der Waals surface area contributed by atoms with E-state index >= 15 is 0 Å². The van der Waals surface area contributed by atoms with Crippen molar-refractivity contribution in [3.63, 3.8) is 0 Å².